The Morgan fingerprint density at radius 2 is 2.00 bits per heavy atom. The van der Waals surface area contributed by atoms with Crippen LogP contribution >= 0.6 is 27.5 Å². The molecule has 0 fully saturated rings. The van der Waals surface area contributed by atoms with Crippen molar-refractivity contribution in [2.75, 3.05) is 11.1 Å². The van der Waals surface area contributed by atoms with Crippen molar-refractivity contribution in [1.82, 2.24) is 0 Å². The summed E-state index contributed by atoms with van der Waals surface area (Å²) in [4.78, 5) is 11.9. The molecule has 98 valence electrons. The lowest BCUT2D eigenvalue weighted by Gasteiger charge is -2.08. The van der Waals surface area contributed by atoms with Crippen LogP contribution in [0, 0.1) is 5.82 Å². The van der Waals surface area contributed by atoms with E-state index >= 15 is 0 Å². The minimum absolute atomic E-state index is 0.204. The van der Waals surface area contributed by atoms with Crippen molar-refractivity contribution in [3.05, 3.63) is 57.3 Å². The number of carbonyl (C=O) groups excluding carboxylic acids is 1. The Hall–Kier alpha value is -1.59. The number of nitrogens with two attached hydrogens (primary N) is 1. The second-order valence-corrected chi connectivity index (χ2v) is 5.11. The molecule has 2 aromatic rings. The van der Waals surface area contributed by atoms with Gasteiger partial charge in [-0.3, -0.25) is 4.79 Å². The molecule has 0 aliphatic carbocycles. The lowest BCUT2D eigenvalue weighted by Crippen LogP contribution is -2.13. The van der Waals surface area contributed by atoms with Gasteiger partial charge in [-0.1, -0.05) is 11.6 Å². The van der Waals surface area contributed by atoms with Crippen LogP contribution in [0.5, 0.6) is 0 Å². The van der Waals surface area contributed by atoms with E-state index in [1.54, 1.807) is 12.1 Å². The minimum atomic E-state index is -0.503. The minimum Gasteiger partial charge on any atom is -0.397 e. The fraction of sp³-hybridized carbons (Fsp3) is 0. The van der Waals surface area contributed by atoms with Crippen LogP contribution in [0.3, 0.4) is 0 Å². The van der Waals surface area contributed by atoms with E-state index in [4.69, 9.17) is 17.3 Å². The first-order chi connectivity index (χ1) is 8.97. The number of nitrogens with one attached hydrogen (secondary N) is 1. The van der Waals surface area contributed by atoms with Crippen molar-refractivity contribution >= 4 is 44.8 Å². The van der Waals surface area contributed by atoms with Crippen LogP contribution in [0.25, 0.3) is 0 Å². The number of hydrogen-bond donors (Lipinski definition) is 2. The van der Waals surface area contributed by atoms with Crippen LogP contribution in [0.2, 0.25) is 5.02 Å². The topological polar surface area (TPSA) is 55.1 Å². The SMILES string of the molecule is Nc1cc(Cl)ccc1NC(=O)c1ccc(Br)c(F)c1. The first kappa shape index (κ1) is 13.8. The van der Waals surface area contributed by atoms with E-state index in [-0.39, 0.29) is 5.56 Å². The lowest BCUT2D eigenvalue weighted by atomic mass is 10.2. The van der Waals surface area contributed by atoms with Gasteiger partial charge >= 0.3 is 0 Å². The molecule has 0 unspecified atom stereocenters. The Morgan fingerprint density at radius 1 is 1.26 bits per heavy atom. The van der Waals surface area contributed by atoms with Crippen molar-refractivity contribution in [2.45, 2.75) is 0 Å². The predicted octanol–water partition coefficient (Wildman–Crippen LogP) is 4.08. The maximum atomic E-state index is 13.3. The fourth-order valence-corrected chi connectivity index (χ4v) is 1.91. The van der Waals surface area contributed by atoms with Crippen molar-refractivity contribution in [2.24, 2.45) is 0 Å². The molecule has 1 amide bonds. The van der Waals surface area contributed by atoms with Crippen molar-refractivity contribution in [3.8, 4) is 0 Å². The molecule has 0 atom stereocenters. The van der Waals surface area contributed by atoms with E-state index in [1.807, 2.05) is 0 Å². The molecule has 0 aliphatic rings. The number of amides is 1. The largest absolute Gasteiger partial charge is 0.397 e. The van der Waals surface area contributed by atoms with Gasteiger partial charge in [0, 0.05) is 10.6 Å². The molecule has 3 N–H and O–H groups in total. The third-order valence-electron chi connectivity index (χ3n) is 2.44. The monoisotopic (exact) mass is 342 g/mol. The third kappa shape index (κ3) is 3.24. The number of nitrogen functional groups attached to an aromatic ring is 1. The maximum absolute atomic E-state index is 13.3. The number of anilines is 2. The lowest BCUT2D eigenvalue weighted by molar-refractivity contribution is 0.102. The molecule has 19 heavy (non-hydrogen) atoms. The standard InChI is InChI=1S/C13H9BrClFN2O/c14-9-3-1-7(5-10(9)16)13(19)18-12-4-2-8(15)6-11(12)17/h1-6H,17H2,(H,18,19). The van der Waals surface area contributed by atoms with Crippen molar-refractivity contribution in [3.63, 3.8) is 0 Å². The maximum Gasteiger partial charge on any atom is 0.255 e. The molecule has 0 bridgehead atoms. The van der Waals surface area contributed by atoms with E-state index in [9.17, 15) is 9.18 Å². The van der Waals surface area contributed by atoms with Gasteiger partial charge in [0.2, 0.25) is 0 Å². The van der Waals surface area contributed by atoms with Gasteiger partial charge < -0.3 is 11.1 Å². The van der Waals surface area contributed by atoms with Gasteiger partial charge in [0.1, 0.15) is 5.82 Å². The fourth-order valence-electron chi connectivity index (χ4n) is 1.48. The quantitative estimate of drug-likeness (QED) is 0.807. The van der Waals surface area contributed by atoms with Crippen molar-refractivity contribution < 1.29 is 9.18 Å². The number of rotatable bonds is 2. The van der Waals surface area contributed by atoms with Crippen LogP contribution in [0.4, 0.5) is 15.8 Å². The smallest absolute Gasteiger partial charge is 0.255 e. The highest BCUT2D eigenvalue weighted by Crippen LogP contribution is 2.23. The summed E-state index contributed by atoms with van der Waals surface area (Å²) in [6.45, 7) is 0. The van der Waals surface area contributed by atoms with Crippen LogP contribution in [0.1, 0.15) is 10.4 Å². The highest BCUT2D eigenvalue weighted by atomic mass is 79.9. The van der Waals surface area contributed by atoms with E-state index in [0.717, 1.165) is 6.07 Å². The summed E-state index contributed by atoms with van der Waals surface area (Å²) in [6.07, 6.45) is 0. The molecule has 0 aliphatic heterocycles. The van der Waals surface area contributed by atoms with Crippen molar-refractivity contribution in [1.29, 1.82) is 0 Å². The molecule has 0 aromatic heterocycles. The van der Waals surface area contributed by atoms with Gasteiger partial charge in [-0.25, -0.2) is 4.39 Å². The number of halogens is 3. The van der Waals surface area contributed by atoms with E-state index in [1.165, 1.54) is 18.2 Å². The zero-order valence-corrected chi connectivity index (χ0v) is 11.9. The van der Waals surface area contributed by atoms with Gasteiger partial charge in [0.05, 0.1) is 15.8 Å². The summed E-state index contributed by atoms with van der Waals surface area (Å²) < 4.78 is 13.6. The average molecular weight is 344 g/mol. The van der Waals surface area contributed by atoms with Crippen LogP contribution < -0.4 is 11.1 Å². The highest BCUT2D eigenvalue weighted by molar-refractivity contribution is 9.10. The summed E-state index contributed by atoms with van der Waals surface area (Å²) in [5.74, 6) is -0.947. The van der Waals surface area contributed by atoms with Crippen LogP contribution in [-0.4, -0.2) is 5.91 Å². The molecule has 6 heteroatoms. The van der Waals surface area contributed by atoms with Gasteiger partial charge in [0.15, 0.2) is 0 Å². The number of benzene rings is 2. The Morgan fingerprint density at radius 3 is 2.63 bits per heavy atom. The van der Waals surface area contributed by atoms with Crippen LogP contribution in [0.15, 0.2) is 40.9 Å². The molecule has 2 aromatic carbocycles. The van der Waals surface area contributed by atoms with E-state index < -0.39 is 11.7 Å². The summed E-state index contributed by atoms with van der Waals surface area (Å²) in [5, 5.41) is 3.07. The zero-order chi connectivity index (χ0) is 14.0. The molecule has 0 radical (unpaired) electrons. The van der Waals surface area contributed by atoms with Gasteiger partial charge in [-0.15, -0.1) is 0 Å². The molecular formula is C13H9BrClFN2O. The Bertz CT molecular complexity index is 649. The second kappa shape index (κ2) is 5.59. The number of hydrogen-bond acceptors (Lipinski definition) is 2. The zero-order valence-electron chi connectivity index (χ0n) is 9.58. The molecular weight excluding hydrogens is 335 g/mol. The third-order valence-corrected chi connectivity index (χ3v) is 3.32. The Labute approximate surface area is 122 Å². The predicted molar refractivity (Wildman–Crippen MR) is 77.9 cm³/mol. The van der Waals surface area contributed by atoms with E-state index in [2.05, 4.69) is 21.2 Å². The molecule has 0 spiro atoms. The Balaban J connectivity index is 2.23. The second-order valence-electron chi connectivity index (χ2n) is 3.81. The van der Waals surface area contributed by atoms with Gasteiger partial charge in [0.25, 0.3) is 5.91 Å². The molecule has 0 saturated heterocycles. The molecule has 3 nitrogen and oxygen atoms in total. The molecule has 0 heterocycles. The summed E-state index contributed by atoms with van der Waals surface area (Å²) in [7, 11) is 0. The molecule has 2 rings (SSSR count). The van der Waals surface area contributed by atoms with E-state index in [0.29, 0.717) is 20.9 Å². The first-order valence-electron chi connectivity index (χ1n) is 5.29. The van der Waals surface area contributed by atoms with Gasteiger partial charge in [-0.2, -0.15) is 0 Å². The summed E-state index contributed by atoms with van der Waals surface area (Å²) in [6, 6.07) is 8.84. The number of carbonyl (C=O) groups is 1. The summed E-state index contributed by atoms with van der Waals surface area (Å²) in [5.41, 5.74) is 6.70. The summed E-state index contributed by atoms with van der Waals surface area (Å²) >= 11 is 8.78. The first-order valence-corrected chi connectivity index (χ1v) is 6.46. The van der Waals surface area contributed by atoms with Gasteiger partial charge in [-0.05, 0) is 52.3 Å². The molecule has 0 saturated carbocycles. The Kier molecular flexibility index (Phi) is 4.07. The average Bonchev–Trinajstić information content (AvgIpc) is 2.36. The highest BCUT2D eigenvalue weighted by Gasteiger charge is 2.10. The normalized spacial score (nSPS) is 10.3. The van der Waals surface area contributed by atoms with Crippen LogP contribution in [-0.2, 0) is 0 Å².